The van der Waals surface area contributed by atoms with E-state index in [0.29, 0.717) is 19.5 Å². The molecule has 30 heavy (non-hydrogen) atoms. The molecule has 1 amide bonds. The first-order chi connectivity index (χ1) is 14.0. The molecule has 7 heteroatoms. The molecule has 4 rings (SSSR count). The molecule has 1 aliphatic rings. The number of rotatable bonds is 5. The lowest BCUT2D eigenvalue weighted by Gasteiger charge is -2.28. The van der Waals surface area contributed by atoms with Crippen LogP contribution in [0.4, 0.5) is 0 Å². The predicted octanol–water partition coefficient (Wildman–Crippen LogP) is 5.81. The number of nitrogens with zero attached hydrogens (tertiary/aromatic N) is 2. The summed E-state index contributed by atoms with van der Waals surface area (Å²) in [6, 6.07) is 15.7. The van der Waals surface area contributed by atoms with Crippen LogP contribution in [0.3, 0.4) is 0 Å². The van der Waals surface area contributed by atoms with E-state index in [1.165, 1.54) is 4.88 Å². The van der Waals surface area contributed by atoms with E-state index < -0.39 is 0 Å². The van der Waals surface area contributed by atoms with E-state index in [1.54, 1.807) is 18.4 Å². The molecule has 1 atom stereocenters. The van der Waals surface area contributed by atoms with E-state index in [1.807, 2.05) is 60.4 Å². The average molecular weight is 508 g/mol. The molecule has 0 bridgehead atoms. The van der Waals surface area contributed by atoms with Gasteiger partial charge >= 0.3 is 0 Å². The second kappa shape index (κ2) is 9.94. The molecule has 0 spiro atoms. The summed E-state index contributed by atoms with van der Waals surface area (Å²) in [6.45, 7) is 3.32. The van der Waals surface area contributed by atoms with Gasteiger partial charge in [-0.25, -0.2) is 4.98 Å². The van der Waals surface area contributed by atoms with Gasteiger partial charge in [0.25, 0.3) is 0 Å². The van der Waals surface area contributed by atoms with Gasteiger partial charge in [0.2, 0.25) is 5.91 Å². The lowest BCUT2D eigenvalue weighted by atomic mass is 9.99. The Morgan fingerprint density at radius 3 is 2.83 bits per heavy atom. The molecular weight excluding hydrogens is 484 g/mol. The molecule has 1 unspecified atom stereocenters. The maximum absolute atomic E-state index is 13.0. The highest BCUT2D eigenvalue weighted by molar-refractivity contribution is 8.93. The largest absolute Gasteiger partial charge is 0.497 e. The third-order valence-corrected chi connectivity index (χ3v) is 6.77. The molecule has 0 saturated heterocycles. The maximum Gasteiger partial charge on any atom is 0.226 e. The van der Waals surface area contributed by atoms with Gasteiger partial charge in [-0.05, 0) is 30.2 Å². The van der Waals surface area contributed by atoms with E-state index >= 15 is 0 Å². The van der Waals surface area contributed by atoms with Gasteiger partial charge in [0.1, 0.15) is 10.8 Å². The van der Waals surface area contributed by atoms with Crippen molar-refractivity contribution >= 4 is 45.8 Å². The third-order valence-electron chi connectivity index (χ3n) is 5.27. The van der Waals surface area contributed by atoms with Crippen LogP contribution in [-0.2, 0) is 24.2 Å². The van der Waals surface area contributed by atoms with Gasteiger partial charge < -0.3 is 9.64 Å². The van der Waals surface area contributed by atoms with Crippen molar-refractivity contribution in [1.82, 2.24) is 9.88 Å². The number of halogens is 2. The van der Waals surface area contributed by atoms with Crippen molar-refractivity contribution in [3.63, 3.8) is 0 Å². The highest BCUT2D eigenvalue weighted by atomic mass is 79.9. The van der Waals surface area contributed by atoms with E-state index in [9.17, 15) is 4.79 Å². The summed E-state index contributed by atoms with van der Waals surface area (Å²) < 4.78 is 5.33. The SMILES string of the molecule is Br.COc1cccc(-c2nc3c(s2)CN(C(=O)C(C)Cc2ccccc2Cl)CC3)c1. The van der Waals surface area contributed by atoms with E-state index in [2.05, 4.69) is 0 Å². The summed E-state index contributed by atoms with van der Waals surface area (Å²) >= 11 is 7.93. The van der Waals surface area contributed by atoms with Gasteiger partial charge in [-0.3, -0.25) is 4.79 Å². The van der Waals surface area contributed by atoms with Crippen molar-refractivity contribution in [1.29, 1.82) is 0 Å². The Labute approximate surface area is 196 Å². The van der Waals surface area contributed by atoms with Gasteiger partial charge in [0.05, 0.1) is 19.3 Å². The van der Waals surface area contributed by atoms with Crippen LogP contribution in [-0.4, -0.2) is 29.4 Å². The highest BCUT2D eigenvalue weighted by Crippen LogP contribution is 2.33. The number of fused-ring (bicyclic) bond motifs is 1. The Hall–Kier alpha value is -1.89. The molecule has 158 valence electrons. The number of thiazole rings is 1. The Bertz CT molecular complexity index is 1040. The number of methoxy groups -OCH3 is 1. The van der Waals surface area contributed by atoms with Gasteiger partial charge in [-0.15, -0.1) is 28.3 Å². The minimum absolute atomic E-state index is 0. The summed E-state index contributed by atoms with van der Waals surface area (Å²) in [4.78, 5) is 21.0. The van der Waals surface area contributed by atoms with Gasteiger partial charge in [0.15, 0.2) is 0 Å². The number of aromatic nitrogens is 1. The van der Waals surface area contributed by atoms with Crippen LogP contribution in [0.5, 0.6) is 5.75 Å². The lowest BCUT2D eigenvalue weighted by Crippen LogP contribution is -2.39. The average Bonchev–Trinajstić information content (AvgIpc) is 3.18. The minimum atomic E-state index is -0.109. The molecule has 0 saturated carbocycles. The molecule has 2 heterocycles. The van der Waals surface area contributed by atoms with Crippen LogP contribution in [0.2, 0.25) is 5.02 Å². The third kappa shape index (κ3) is 4.88. The number of ether oxygens (including phenoxy) is 1. The van der Waals surface area contributed by atoms with Crippen LogP contribution in [0.25, 0.3) is 10.6 Å². The van der Waals surface area contributed by atoms with Crippen molar-refractivity contribution in [3.8, 4) is 16.3 Å². The van der Waals surface area contributed by atoms with Crippen molar-refractivity contribution in [2.24, 2.45) is 5.92 Å². The predicted molar refractivity (Wildman–Crippen MR) is 128 cm³/mol. The Kier molecular flexibility index (Phi) is 7.55. The number of carbonyl (C=O) groups excluding carboxylic acids is 1. The number of carbonyl (C=O) groups is 1. The normalized spacial score (nSPS) is 13.9. The monoisotopic (exact) mass is 506 g/mol. The second-order valence-electron chi connectivity index (χ2n) is 7.33. The van der Waals surface area contributed by atoms with Gasteiger partial charge in [0, 0.05) is 34.3 Å². The maximum atomic E-state index is 13.0. The quantitative estimate of drug-likeness (QED) is 0.437. The number of hydrogen-bond donors (Lipinski definition) is 0. The zero-order valence-electron chi connectivity index (χ0n) is 16.9. The Morgan fingerprint density at radius 2 is 2.07 bits per heavy atom. The van der Waals surface area contributed by atoms with Gasteiger partial charge in [-0.1, -0.05) is 48.9 Å². The summed E-state index contributed by atoms with van der Waals surface area (Å²) in [6.07, 6.45) is 1.44. The molecule has 1 aliphatic heterocycles. The Morgan fingerprint density at radius 1 is 1.27 bits per heavy atom. The molecule has 0 N–H and O–H groups in total. The fourth-order valence-electron chi connectivity index (χ4n) is 3.66. The number of benzene rings is 2. The summed E-state index contributed by atoms with van der Waals surface area (Å²) in [5, 5.41) is 1.70. The molecule has 3 aromatic rings. The minimum Gasteiger partial charge on any atom is -0.497 e. The van der Waals surface area contributed by atoms with Crippen molar-refractivity contribution in [2.45, 2.75) is 26.3 Å². The van der Waals surface area contributed by atoms with Crippen LogP contribution < -0.4 is 4.74 Å². The van der Waals surface area contributed by atoms with Crippen LogP contribution in [0.15, 0.2) is 48.5 Å². The first kappa shape index (κ1) is 22.8. The smallest absolute Gasteiger partial charge is 0.226 e. The number of amides is 1. The van der Waals surface area contributed by atoms with Crippen molar-refractivity contribution in [2.75, 3.05) is 13.7 Å². The topological polar surface area (TPSA) is 42.4 Å². The zero-order valence-corrected chi connectivity index (χ0v) is 20.2. The van der Waals surface area contributed by atoms with E-state index in [-0.39, 0.29) is 28.8 Å². The van der Waals surface area contributed by atoms with Crippen LogP contribution in [0.1, 0.15) is 23.1 Å². The second-order valence-corrected chi connectivity index (χ2v) is 8.82. The molecular formula is C23H24BrClN2O2S. The van der Waals surface area contributed by atoms with Crippen molar-refractivity contribution < 1.29 is 9.53 Å². The van der Waals surface area contributed by atoms with Crippen LogP contribution >= 0.6 is 39.9 Å². The molecule has 1 aromatic heterocycles. The number of hydrogen-bond acceptors (Lipinski definition) is 4. The summed E-state index contributed by atoms with van der Waals surface area (Å²) in [5.74, 6) is 0.884. The van der Waals surface area contributed by atoms with Crippen LogP contribution in [0, 0.1) is 5.92 Å². The highest BCUT2D eigenvalue weighted by Gasteiger charge is 2.27. The fourth-order valence-corrected chi connectivity index (χ4v) is 4.99. The van der Waals surface area contributed by atoms with E-state index in [0.717, 1.165) is 39.0 Å². The lowest BCUT2D eigenvalue weighted by molar-refractivity contribution is -0.135. The van der Waals surface area contributed by atoms with Gasteiger partial charge in [-0.2, -0.15) is 0 Å². The van der Waals surface area contributed by atoms with E-state index in [4.69, 9.17) is 21.3 Å². The first-order valence-electron chi connectivity index (χ1n) is 9.70. The molecule has 0 fully saturated rings. The fraction of sp³-hybridized carbons (Fsp3) is 0.304. The Balaban J connectivity index is 0.00000256. The summed E-state index contributed by atoms with van der Waals surface area (Å²) in [5.41, 5.74) is 3.18. The molecule has 2 aromatic carbocycles. The standard InChI is InChI=1S/C23H23ClN2O2S.BrH/c1-15(12-16-6-3-4-9-19(16)24)23(27)26-11-10-20-21(14-26)29-22(25-20)17-7-5-8-18(13-17)28-2;/h3-9,13,15H,10-12,14H2,1-2H3;1H. The van der Waals surface area contributed by atoms with Crippen molar-refractivity contribution in [3.05, 3.63) is 69.7 Å². The summed E-state index contributed by atoms with van der Waals surface area (Å²) in [7, 11) is 1.67. The molecule has 0 aliphatic carbocycles. The molecule has 0 radical (unpaired) electrons. The zero-order chi connectivity index (χ0) is 20.4. The first-order valence-corrected chi connectivity index (χ1v) is 10.9. The molecule has 4 nitrogen and oxygen atoms in total.